The van der Waals surface area contributed by atoms with Crippen LogP contribution < -0.4 is 10.6 Å². The molecule has 0 aliphatic carbocycles. The number of nitrogens with zero attached hydrogens (tertiary/aromatic N) is 3. The van der Waals surface area contributed by atoms with E-state index in [0.717, 1.165) is 31.7 Å². The molecule has 1 aliphatic heterocycles. The highest BCUT2D eigenvalue weighted by molar-refractivity contribution is 5.86. The number of anilines is 2. The van der Waals surface area contributed by atoms with Crippen LogP contribution in [0.5, 0.6) is 0 Å². The van der Waals surface area contributed by atoms with Crippen molar-refractivity contribution in [2.24, 2.45) is 0 Å². The first-order valence-corrected chi connectivity index (χ1v) is 6.28. The van der Waals surface area contributed by atoms with Gasteiger partial charge in [-0.2, -0.15) is 0 Å². The zero-order valence-electron chi connectivity index (χ0n) is 10.8. The Kier molecular flexibility index (Phi) is 3.96. The molecule has 1 fully saturated rings. The van der Waals surface area contributed by atoms with Gasteiger partial charge in [-0.05, 0) is 12.8 Å². The Balaban J connectivity index is 1.99. The van der Waals surface area contributed by atoms with Gasteiger partial charge in [0.25, 0.3) is 0 Å². The average Bonchev–Trinajstić information content (AvgIpc) is 2.69. The van der Waals surface area contributed by atoms with E-state index >= 15 is 0 Å². The molecule has 2 heterocycles. The Morgan fingerprint density at radius 3 is 2.89 bits per heavy atom. The number of rotatable bonds is 5. The van der Waals surface area contributed by atoms with Crippen LogP contribution in [0.3, 0.4) is 0 Å². The number of hydrogen-bond donors (Lipinski definition) is 2. The van der Waals surface area contributed by atoms with Crippen molar-refractivity contribution in [1.82, 2.24) is 14.9 Å². The van der Waals surface area contributed by atoms with Gasteiger partial charge in [-0.3, -0.25) is 4.79 Å². The van der Waals surface area contributed by atoms with Crippen LogP contribution in [-0.4, -0.2) is 47.0 Å². The van der Waals surface area contributed by atoms with Crippen molar-refractivity contribution in [1.29, 1.82) is 0 Å². The van der Waals surface area contributed by atoms with Gasteiger partial charge < -0.3 is 15.5 Å². The lowest BCUT2D eigenvalue weighted by Gasteiger charge is -2.13. The minimum atomic E-state index is -0.163. The first kappa shape index (κ1) is 12.6. The van der Waals surface area contributed by atoms with Crippen molar-refractivity contribution < 1.29 is 4.79 Å². The molecule has 1 saturated heterocycles. The molecule has 2 rings (SSSR count). The summed E-state index contributed by atoms with van der Waals surface area (Å²) in [5.41, 5.74) is 0. The van der Waals surface area contributed by atoms with E-state index in [2.05, 4.69) is 27.5 Å². The fourth-order valence-corrected chi connectivity index (χ4v) is 1.92. The standard InChI is InChI=1S/C12H19N5O/c1-3-5-13-10-7-11(15-8-14-10)16-9-4-6-17(2)12(9)18/h7-9H,3-6H2,1-2H3,(H2,13,14,15,16). The van der Waals surface area contributed by atoms with E-state index in [4.69, 9.17) is 0 Å². The Morgan fingerprint density at radius 1 is 1.44 bits per heavy atom. The molecule has 1 aliphatic rings. The summed E-state index contributed by atoms with van der Waals surface area (Å²) in [6.45, 7) is 3.77. The molecule has 1 unspecified atom stereocenters. The summed E-state index contributed by atoms with van der Waals surface area (Å²) in [6, 6.07) is 1.67. The summed E-state index contributed by atoms with van der Waals surface area (Å²) in [4.78, 5) is 21.8. The molecule has 0 radical (unpaired) electrons. The maximum absolute atomic E-state index is 11.8. The normalized spacial score (nSPS) is 19.1. The monoisotopic (exact) mass is 249 g/mol. The number of aromatic nitrogens is 2. The molecular formula is C12H19N5O. The number of likely N-dealkylation sites (tertiary alicyclic amines) is 1. The maximum Gasteiger partial charge on any atom is 0.244 e. The smallest absolute Gasteiger partial charge is 0.244 e. The molecule has 6 nitrogen and oxygen atoms in total. The van der Waals surface area contributed by atoms with Gasteiger partial charge in [0.2, 0.25) is 5.91 Å². The summed E-state index contributed by atoms with van der Waals surface area (Å²) in [7, 11) is 1.82. The third-order valence-corrected chi connectivity index (χ3v) is 2.97. The zero-order valence-corrected chi connectivity index (χ0v) is 10.8. The van der Waals surface area contributed by atoms with Gasteiger partial charge in [0.1, 0.15) is 24.0 Å². The second-order valence-electron chi connectivity index (χ2n) is 4.46. The van der Waals surface area contributed by atoms with Crippen molar-refractivity contribution in [3.05, 3.63) is 12.4 Å². The lowest BCUT2D eigenvalue weighted by atomic mass is 10.2. The molecule has 1 aromatic rings. The third kappa shape index (κ3) is 2.88. The van der Waals surface area contributed by atoms with Crippen LogP contribution in [0.4, 0.5) is 11.6 Å². The first-order valence-electron chi connectivity index (χ1n) is 6.28. The maximum atomic E-state index is 11.8. The van der Waals surface area contributed by atoms with Crippen molar-refractivity contribution in [2.45, 2.75) is 25.8 Å². The minimum absolute atomic E-state index is 0.122. The van der Waals surface area contributed by atoms with Gasteiger partial charge in [-0.25, -0.2) is 9.97 Å². The summed E-state index contributed by atoms with van der Waals surface area (Å²) in [5.74, 6) is 1.60. The molecule has 6 heteroatoms. The molecule has 1 amide bonds. The summed E-state index contributed by atoms with van der Waals surface area (Å²) < 4.78 is 0. The van der Waals surface area contributed by atoms with Gasteiger partial charge in [-0.15, -0.1) is 0 Å². The van der Waals surface area contributed by atoms with Crippen LogP contribution >= 0.6 is 0 Å². The lowest BCUT2D eigenvalue weighted by Crippen LogP contribution is -2.31. The Labute approximate surface area is 107 Å². The molecule has 1 atom stereocenters. The quantitative estimate of drug-likeness (QED) is 0.812. The highest BCUT2D eigenvalue weighted by atomic mass is 16.2. The van der Waals surface area contributed by atoms with Gasteiger partial charge in [0.05, 0.1) is 0 Å². The molecule has 0 saturated carbocycles. The Hall–Kier alpha value is -1.85. The van der Waals surface area contributed by atoms with E-state index in [1.54, 1.807) is 4.90 Å². The highest BCUT2D eigenvalue weighted by Gasteiger charge is 2.28. The minimum Gasteiger partial charge on any atom is -0.370 e. The Bertz CT molecular complexity index is 423. The molecule has 0 spiro atoms. The average molecular weight is 249 g/mol. The predicted octanol–water partition coefficient (Wildman–Crippen LogP) is 0.941. The predicted molar refractivity (Wildman–Crippen MR) is 70.5 cm³/mol. The lowest BCUT2D eigenvalue weighted by molar-refractivity contribution is -0.127. The Morgan fingerprint density at radius 2 is 2.22 bits per heavy atom. The zero-order chi connectivity index (χ0) is 13.0. The van der Waals surface area contributed by atoms with Gasteiger partial charge in [-0.1, -0.05) is 6.92 Å². The number of likely N-dealkylation sites (N-methyl/N-ethyl adjacent to an activating group) is 1. The molecule has 2 N–H and O–H groups in total. The van der Waals surface area contributed by atoms with E-state index in [1.807, 2.05) is 13.1 Å². The molecule has 18 heavy (non-hydrogen) atoms. The van der Waals surface area contributed by atoms with E-state index < -0.39 is 0 Å². The number of carbonyl (C=O) groups is 1. The van der Waals surface area contributed by atoms with Crippen LogP contribution in [0.1, 0.15) is 19.8 Å². The second kappa shape index (κ2) is 5.66. The van der Waals surface area contributed by atoms with Crippen molar-refractivity contribution in [2.75, 3.05) is 30.8 Å². The first-order chi connectivity index (χ1) is 8.70. The van der Waals surface area contributed by atoms with E-state index in [-0.39, 0.29) is 11.9 Å². The SMILES string of the molecule is CCCNc1cc(NC2CCN(C)C2=O)ncn1. The number of nitrogens with one attached hydrogen (secondary N) is 2. The number of carbonyl (C=O) groups excluding carboxylic acids is 1. The molecule has 98 valence electrons. The van der Waals surface area contributed by atoms with Crippen molar-refractivity contribution in [3.63, 3.8) is 0 Å². The second-order valence-corrected chi connectivity index (χ2v) is 4.46. The van der Waals surface area contributed by atoms with Crippen LogP contribution in [0, 0.1) is 0 Å². The van der Waals surface area contributed by atoms with Crippen molar-refractivity contribution >= 4 is 17.5 Å². The fraction of sp³-hybridized carbons (Fsp3) is 0.583. The fourth-order valence-electron chi connectivity index (χ4n) is 1.92. The van der Waals surface area contributed by atoms with Crippen LogP contribution in [0.2, 0.25) is 0 Å². The van der Waals surface area contributed by atoms with Crippen LogP contribution in [-0.2, 0) is 4.79 Å². The largest absolute Gasteiger partial charge is 0.370 e. The van der Waals surface area contributed by atoms with E-state index in [9.17, 15) is 4.79 Å². The van der Waals surface area contributed by atoms with Crippen LogP contribution in [0.25, 0.3) is 0 Å². The molecule has 0 bridgehead atoms. The number of amides is 1. The van der Waals surface area contributed by atoms with E-state index in [0.29, 0.717) is 5.82 Å². The van der Waals surface area contributed by atoms with Gasteiger partial charge in [0, 0.05) is 26.2 Å². The van der Waals surface area contributed by atoms with Crippen molar-refractivity contribution in [3.8, 4) is 0 Å². The number of hydrogen-bond acceptors (Lipinski definition) is 5. The summed E-state index contributed by atoms with van der Waals surface area (Å²) in [5, 5.41) is 6.35. The molecule has 0 aromatic carbocycles. The topological polar surface area (TPSA) is 70.2 Å². The molecular weight excluding hydrogens is 230 g/mol. The third-order valence-electron chi connectivity index (χ3n) is 2.97. The van der Waals surface area contributed by atoms with Crippen LogP contribution in [0.15, 0.2) is 12.4 Å². The highest BCUT2D eigenvalue weighted by Crippen LogP contribution is 2.15. The van der Waals surface area contributed by atoms with Gasteiger partial charge >= 0.3 is 0 Å². The van der Waals surface area contributed by atoms with Gasteiger partial charge in [0.15, 0.2) is 0 Å². The summed E-state index contributed by atoms with van der Waals surface area (Å²) in [6.07, 6.45) is 3.36. The molecule has 1 aromatic heterocycles. The van der Waals surface area contributed by atoms with E-state index in [1.165, 1.54) is 6.33 Å². The summed E-state index contributed by atoms with van der Waals surface area (Å²) >= 11 is 0.